The molecule has 3 nitrogen and oxygen atoms in total. The molecule has 74 valence electrons. The topological polar surface area (TPSA) is 38.3 Å². The lowest BCUT2D eigenvalue weighted by Crippen LogP contribution is -2.25. The first-order valence-electron chi connectivity index (χ1n) is 4.49. The molecule has 3 heteroatoms. The maximum atomic E-state index is 10.3. The quantitative estimate of drug-likeness (QED) is 0.659. The molecular weight excluding hydrogens is 154 g/mol. The van der Waals surface area contributed by atoms with E-state index in [4.69, 9.17) is 4.74 Å². The summed E-state index contributed by atoms with van der Waals surface area (Å²) in [6.07, 6.45) is 0.244. The summed E-state index contributed by atoms with van der Waals surface area (Å²) in [6, 6.07) is 0. The predicted molar refractivity (Wildman–Crippen MR) is 51.1 cm³/mol. The van der Waals surface area contributed by atoms with Crippen molar-refractivity contribution >= 4 is 5.91 Å². The average molecular weight is 175 g/mol. The van der Waals surface area contributed by atoms with E-state index in [2.05, 4.69) is 5.32 Å². The normalized spacial score (nSPS) is 8.83. The Balaban J connectivity index is 0. The van der Waals surface area contributed by atoms with E-state index < -0.39 is 0 Å². The molecule has 0 fully saturated rings. The molecule has 0 saturated carbocycles. The van der Waals surface area contributed by atoms with Gasteiger partial charge < -0.3 is 10.1 Å². The van der Waals surface area contributed by atoms with Crippen LogP contribution in [0.3, 0.4) is 0 Å². The second kappa shape index (κ2) is 10.4. The molecule has 0 aliphatic rings. The van der Waals surface area contributed by atoms with Crippen LogP contribution in [0, 0.1) is 0 Å². The number of hydrogen-bond donors (Lipinski definition) is 1. The average Bonchev–Trinajstić information content (AvgIpc) is 2.02. The zero-order chi connectivity index (χ0) is 9.98. The van der Waals surface area contributed by atoms with E-state index >= 15 is 0 Å². The van der Waals surface area contributed by atoms with Crippen LogP contribution >= 0.6 is 0 Å². The number of ether oxygens (including phenoxy) is 1. The second-order valence-corrected chi connectivity index (χ2v) is 2.40. The molecule has 0 aliphatic heterocycles. The van der Waals surface area contributed by atoms with Crippen LogP contribution in [0.4, 0.5) is 0 Å². The number of carbonyl (C=O) groups excluding carboxylic acids is 1. The van der Waals surface area contributed by atoms with Crippen molar-refractivity contribution in [1.29, 1.82) is 0 Å². The zero-order valence-corrected chi connectivity index (χ0v) is 8.81. The Morgan fingerprint density at radius 3 is 2.25 bits per heavy atom. The molecule has 0 unspecified atom stereocenters. The van der Waals surface area contributed by atoms with E-state index in [1.165, 1.54) is 6.92 Å². The third kappa shape index (κ3) is 16.2. The number of nitrogens with one attached hydrogen (secondary N) is 1. The second-order valence-electron chi connectivity index (χ2n) is 2.40. The Morgan fingerprint density at radius 1 is 1.42 bits per heavy atom. The fourth-order valence-corrected chi connectivity index (χ4v) is 0.522. The third-order valence-corrected chi connectivity index (χ3v) is 0.927. The van der Waals surface area contributed by atoms with Crippen molar-refractivity contribution in [2.75, 3.05) is 13.2 Å². The molecule has 0 heterocycles. The van der Waals surface area contributed by atoms with Gasteiger partial charge in [0.05, 0.1) is 12.7 Å². The zero-order valence-electron chi connectivity index (χ0n) is 8.81. The van der Waals surface area contributed by atoms with Crippen LogP contribution < -0.4 is 5.32 Å². The molecule has 0 spiro atoms. The molecule has 0 rings (SSSR count). The Morgan fingerprint density at radius 2 is 1.92 bits per heavy atom. The first kappa shape index (κ1) is 14.0. The highest BCUT2D eigenvalue weighted by atomic mass is 16.5. The molecule has 0 aromatic carbocycles. The molecule has 0 aliphatic carbocycles. The predicted octanol–water partition coefficient (Wildman–Crippen LogP) is 1.57. The highest BCUT2D eigenvalue weighted by Crippen LogP contribution is 1.84. The lowest BCUT2D eigenvalue weighted by atomic mass is 10.5. The number of rotatable bonds is 4. The van der Waals surface area contributed by atoms with Crippen molar-refractivity contribution in [1.82, 2.24) is 5.32 Å². The summed E-state index contributed by atoms with van der Waals surface area (Å²) in [5.74, 6) is -0.00708. The Labute approximate surface area is 75.5 Å². The monoisotopic (exact) mass is 175 g/mol. The molecule has 0 bridgehead atoms. The number of carbonyl (C=O) groups is 1. The van der Waals surface area contributed by atoms with E-state index in [1.54, 1.807) is 0 Å². The summed E-state index contributed by atoms with van der Waals surface area (Å²) >= 11 is 0. The summed E-state index contributed by atoms with van der Waals surface area (Å²) in [6.45, 7) is 10.6. The van der Waals surface area contributed by atoms with Crippen molar-refractivity contribution in [3.63, 3.8) is 0 Å². The van der Waals surface area contributed by atoms with Gasteiger partial charge in [-0.15, -0.1) is 0 Å². The van der Waals surface area contributed by atoms with Gasteiger partial charge in [-0.1, -0.05) is 13.8 Å². The minimum absolute atomic E-state index is 0.00708. The fourth-order valence-electron chi connectivity index (χ4n) is 0.522. The Kier molecular flexibility index (Phi) is 12.2. The van der Waals surface area contributed by atoms with Crippen LogP contribution in [0.2, 0.25) is 0 Å². The van der Waals surface area contributed by atoms with Crippen LogP contribution in [0.15, 0.2) is 0 Å². The summed E-state index contributed by atoms with van der Waals surface area (Å²) in [4.78, 5) is 10.3. The molecule has 0 atom stereocenters. The first-order valence-corrected chi connectivity index (χ1v) is 4.49. The third-order valence-electron chi connectivity index (χ3n) is 0.927. The molecule has 0 aromatic rings. The molecule has 12 heavy (non-hydrogen) atoms. The standard InChI is InChI=1S/C7H15NO2.C2H6/c1-6(2)10-5-4-8-7(3)9;1-2/h6H,4-5H2,1-3H3,(H,8,9);1-2H3. The molecule has 0 saturated heterocycles. The van der Waals surface area contributed by atoms with E-state index in [1.807, 2.05) is 27.7 Å². The summed E-state index contributed by atoms with van der Waals surface area (Å²) in [7, 11) is 0. The molecule has 1 amide bonds. The van der Waals surface area contributed by atoms with E-state index in [0.717, 1.165) is 0 Å². The van der Waals surface area contributed by atoms with Crippen molar-refractivity contribution in [2.45, 2.75) is 40.7 Å². The lowest BCUT2D eigenvalue weighted by molar-refractivity contribution is -0.119. The van der Waals surface area contributed by atoms with Gasteiger partial charge in [-0.05, 0) is 13.8 Å². The van der Waals surface area contributed by atoms with Gasteiger partial charge in [-0.3, -0.25) is 4.79 Å². The van der Waals surface area contributed by atoms with Crippen molar-refractivity contribution in [3.8, 4) is 0 Å². The molecular formula is C9H21NO2. The maximum absolute atomic E-state index is 10.3. The maximum Gasteiger partial charge on any atom is 0.216 e. The fraction of sp³-hybridized carbons (Fsp3) is 0.889. The number of hydrogen-bond acceptors (Lipinski definition) is 2. The van der Waals surface area contributed by atoms with Crippen LogP contribution in [-0.4, -0.2) is 25.2 Å². The van der Waals surface area contributed by atoms with E-state index in [0.29, 0.717) is 13.2 Å². The minimum atomic E-state index is -0.00708. The van der Waals surface area contributed by atoms with Crippen LogP contribution in [0.25, 0.3) is 0 Å². The number of amides is 1. The highest BCUT2D eigenvalue weighted by molar-refractivity contribution is 5.72. The van der Waals surface area contributed by atoms with Gasteiger partial charge >= 0.3 is 0 Å². The van der Waals surface area contributed by atoms with Gasteiger partial charge in [-0.2, -0.15) is 0 Å². The smallest absolute Gasteiger partial charge is 0.216 e. The Bertz CT molecular complexity index is 103. The van der Waals surface area contributed by atoms with Gasteiger partial charge in [0, 0.05) is 13.5 Å². The van der Waals surface area contributed by atoms with Crippen molar-refractivity contribution in [2.24, 2.45) is 0 Å². The lowest BCUT2D eigenvalue weighted by Gasteiger charge is -2.06. The summed E-state index contributed by atoms with van der Waals surface area (Å²) in [5.41, 5.74) is 0. The molecule has 0 radical (unpaired) electrons. The van der Waals surface area contributed by atoms with Crippen molar-refractivity contribution < 1.29 is 9.53 Å². The van der Waals surface area contributed by atoms with Crippen LogP contribution in [-0.2, 0) is 9.53 Å². The summed E-state index contributed by atoms with van der Waals surface area (Å²) in [5, 5.41) is 2.64. The molecule has 0 aromatic heterocycles. The Hall–Kier alpha value is -0.570. The minimum Gasteiger partial charge on any atom is -0.377 e. The van der Waals surface area contributed by atoms with E-state index in [-0.39, 0.29) is 12.0 Å². The SMILES string of the molecule is CC.CC(=O)NCCOC(C)C. The molecule has 1 N–H and O–H groups in total. The van der Waals surface area contributed by atoms with Gasteiger partial charge in [0.25, 0.3) is 0 Å². The van der Waals surface area contributed by atoms with Crippen molar-refractivity contribution in [3.05, 3.63) is 0 Å². The van der Waals surface area contributed by atoms with Gasteiger partial charge in [-0.25, -0.2) is 0 Å². The van der Waals surface area contributed by atoms with Crippen LogP contribution in [0.1, 0.15) is 34.6 Å². The van der Waals surface area contributed by atoms with Gasteiger partial charge in [0.2, 0.25) is 5.91 Å². The summed E-state index contributed by atoms with van der Waals surface area (Å²) < 4.78 is 5.18. The largest absolute Gasteiger partial charge is 0.377 e. The highest BCUT2D eigenvalue weighted by Gasteiger charge is 1.92. The first-order chi connectivity index (χ1) is 5.63. The van der Waals surface area contributed by atoms with Gasteiger partial charge in [0.15, 0.2) is 0 Å². The van der Waals surface area contributed by atoms with Crippen LogP contribution in [0.5, 0.6) is 0 Å². The van der Waals surface area contributed by atoms with E-state index in [9.17, 15) is 4.79 Å². The van der Waals surface area contributed by atoms with Gasteiger partial charge in [0.1, 0.15) is 0 Å².